The van der Waals surface area contributed by atoms with Gasteiger partial charge in [0, 0.05) is 16.1 Å². The Morgan fingerprint density at radius 3 is 2.29 bits per heavy atom. The minimum absolute atomic E-state index is 0.0890. The third kappa shape index (κ3) is 2.50. The number of carbonyl (C=O) groups excluding carboxylic acids is 1. The van der Waals surface area contributed by atoms with Gasteiger partial charge >= 0.3 is 0 Å². The number of rotatable bonds is 2. The van der Waals surface area contributed by atoms with Crippen LogP contribution in [0.2, 0.25) is 5.02 Å². The fourth-order valence-corrected chi connectivity index (χ4v) is 1.62. The fourth-order valence-electron chi connectivity index (χ4n) is 1.43. The van der Waals surface area contributed by atoms with Crippen LogP contribution in [0.5, 0.6) is 0 Å². The predicted molar refractivity (Wildman–Crippen MR) is 61.2 cm³/mol. The van der Waals surface area contributed by atoms with Gasteiger partial charge in [0.05, 0.1) is 0 Å². The third-order valence-electron chi connectivity index (χ3n) is 2.27. The lowest BCUT2D eigenvalue weighted by Gasteiger charge is -2.02. The molecule has 0 N–H and O–H groups in total. The molecule has 17 heavy (non-hydrogen) atoms. The van der Waals surface area contributed by atoms with Crippen LogP contribution in [-0.4, -0.2) is 5.78 Å². The highest BCUT2D eigenvalue weighted by Gasteiger charge is 2.12. The maximum atomic E-state index is 13.0. The first-order chi connectivity index (χ1) is 8.08. The molecule has 0 saturated carbocycles. The first kappa shape index (κ1) is 11.7. The molecule has 1 nitrogen and oxygen atoms in total. The maximum Gasteiger partial charge on any atom is 0.193 e. The van der Waals surface area contributed by atoms with Crippen molar-refractivity contribution in [3.63, 3.8) is 0 Å². The molecule has 4 heteroatoms. The van der Waals surface area contributed by atoms with Gasteiger partial charge < -0.3 is 0 Å². The van der Waals surface area contributed by atoms with E-state index in [1.807, 2.05) is 0 Å². The van der Waals surface area contributed by atoms with Crippen LogP contribution in [0.25, 0.3) is 0 Å². The van der Waals surface area contributed by atoms with E-state index in [2.05, 4.69) is 0 Å². The standard InChI is InChI=1S/C13H7ClF2O/c14-10-3-1-2-8(6-10)13(17)9-4-5-11(15)12(16)7-9/h1-7H. The lowest BCUT2D eigenvalue weighted by Crippen LogP contribution is -2.02. The van der Waals surface area contributed by atoms with Crippen LogP contribution in [0.15, 0.2) is 42.5 Å². The molecule has 0 fully saturated rings. The van der Waals surface area contributed by atoms with Crippen molar-refractivity contribution in [3.8, 4) is 0 Å². The molecule has 0 bridgehead atoms. The summed E-state index contributed by atoms with van der Waals surface area (Å²) in [6.07, 6.45) is 0. The average molecular weight is 253 g/mol. The Labute approximate surface area is 102 Å². The van der Waals surface area contributed by atoms with Gasteiger partial charge in [-0.15, -0.1) is 0 Å². The number of halogens is 3. The van der Waals surface area contributed by atoms with Gasteiger partial charge in [0.25, 0.3) is 0 Å². The molecule has 0 heterocycles. The van der Waals surface area contributed by atoms with Crippen LogP contribution in [0.1, 0.15) is 15.9 Å². The largest absolute Gasteiger partial charge is 0.289 e. The Bertz CT molecular complexity index is 581. The zero-order valence-electron chi connectivity index (χ0n) is 8.58. The van der Waals surface area contributed by atoms with E-state index in [0.717, 1.165) is 12.1 Å². The molecule has 0 aromatic heterocycles. The lowest BCUT2D eigenvalue weighted by molar-refractivity contribution is 0.103. The van der Waals surface area contributed by atoms with E-state index >= 15 is 0 Å². The summed E-state index contributed by atoms with van der Waals surface area (Å²) in [6, 6.07) is 9.33. The normalized spacial score (nSPS) is 10.3. The molecule has 0 saturated heterocycles. The maximum absolute atomic E-state index is 13.0. The molecule has 2 aromatic rings. The summed E-state index contributed by atoms with van der Waals surface area (Å²) in [6.45, 7) is 0. The number of carbonyl (C=O) groups is 1. The number of ketones is 1. The Hall–Kier alpha value is -1.74. The molecule has 86 valence electrons. The van der Waals surface area contributed by atoms with Gasteiger partial charge in [0.15, 0.2) is 17.4 Å². The summed E-state index contributed by atoms with van der Waals surface area (Å²) in [4.78, 5) is 11.9. The number of hydrogen-bond acceptors (Lipinski definition) is 1. The van der Waals surface area contributed by atoms with E-state index in [1.165, 1.54) is 12.1 Å². The molecule has 0 aliphatic rings. The van der Waals surface area contributed by atoms with Gasteiger partial charge in [-0.25, -0.2) is 8.78 Å². The second-order valence-electron chi connectivity index (χ2n) is 3.47. The Kier molecular flexibility index (Phi) is 3.20. The summed E-state index contributed by atoms with van der Waals surface area (Å²) in [5, 5.41) is 0.415. The smallest absolute Gasteiger partial charge is 0.193 e. The second-order valence-corrected chi connectivity index (χ2v) is 3.90. The van der Waals surface area contributed by atoms with Crippen molar-refractivity contribution in [1.82, 2.24) is 0 Å². The van der Waals surface area contributed by atoms with E-state index in [4.69, 9.17) is 11.6 Å². The van der Waals surface area contributed by atoms with Crippen LogP contribution < -0.4 is 0 Å². The number of benzene rings is 2. The van der Waals surface area contributed by atoms with Crippen molar-refractivity contribution in [2.75, 3.05) is 0 Å². The van der Waals surface area contributed by atoms with Gasteiger partial charge in [-0.2, -0.15) is 0 Å². The molecule has 0 unspecified atom stereocenters. The molecule has 0 amide bonds. The van der Waals surface area contributed by atoms with Gasteiger partial charge in [-0.05, 0) is 30.3 Å². The molecule has 0 spiro atoms. The number of hydrogen-bond donors (Lipinski definition) is 0. The molecule has 2 rings (SSSR count). The van der Waals surface area contributed by atoms with Gasteiger partial charge in [-0.1, -0.05) is 23.7 Å². The third-order valence-corrected chi connectivity index (χ3v) is 2.50. The minimum atomic E-state index is -1.04. The SMILES string of the molecule is O=C(c1cccc(Cl)c1)c1ccc(F)c(F)c1. The summed E-state index contributed by atoms with van der Waals surface area (Å²) >= 11 is 5.75. The van der Waals surface area contributed by atoms with Gasteiger partial charge in [-0.3, -0.25) is 4.79 Å². The van der Waals surface area contributed by atoms with Crippen LogP contribution in [0.4, 0.5) is 8.78 Å². The second kappa shape index (κ2) is 4.63. The molecule has 0 aliphatic carbocycles. The van der Waals surface area contributed by atoms with Gasteiger partial charge in [0.2, 0.25) is 0 Å². The van der Waals surface area contributed by atoms with E-state index in [1.54, 1.807) is 18.2 Å². The van der Waals surface area contributed by atoms with E-state index < -0.39 is 17.4 Å². The highest BCUT2D eigenvalue weighted by atomic mass is 35.5. The first-order valence-corrected chi connectivity index (χ1v) is 5.21. The van der Waals surface area contributed by atoms with Crippen molar-refractivity contribution in [3.05, 3.63) is 70.2 Å². The quantitative estimate of drug-likeness (QED) is 0.742. The van der Waals surface area contributed by atoms with Crippen molar-refractivity contribution in [1.29, 1.82) is 0 Å². The van der Waals surface area contributed by atoms with Gasteiger partial charge in [0.1, 0.15) is 0 Å². The molecule has 2 aromatic carbocycles. The van der Waals surface area contributed by atoms with Crippen LogP contribution in [0, 0.1) is 11.6 Å². The Balaban J connectivity index is 2.40. The Morgan fingerprint density at radius 2 is 1.65 bits per heavy atom. The van der Waals surface area contributed by atoms with E-state index in [0.29, 0.717) is 10.6 Å². The molecule has 0 aliphatic heterocycles. The van der Waals surface area contributed by atoms with Crippen LogP contribution in [-0.2, 0) is 0 Å². The van der Waals surface area contributed by atoms with Crippen LogP contribution in [0.3, 0.4) is 0 Å². The lowest BCUT2D eigenvalue weighted by atomic mass is 10.0. The molecular formula is C13H7ClF2O. The Morgan fingerprint density at radius 1 is 0.941 bits per heavy atom. The molecule has 0 atom stereocenters. The highest BCUT2D eigenvalue weighted by molar-refractivity contribution is 6.31. The van der Waals surface area contributed by atoms with Crippen molar-refractivity contribution in [2.45, 2.75) is 0 Å². The highest BCUT2D eigenvalue weighted by Crippen LogP contribution is 2.16. The molecule has 0 radical (unpaired) electrons. The zero-order valence-corrected chi connectivity index (χ0v) is 9.34. The first-order valence-electron chi connectivity index (χ1n) is 4.83. The van der Waals surface area contributed by atoms with Crippen molar-refractivity contribution < 1.29 is 13.6 Å². The van der Waals surface area contributed by atoms with E-state index in [-0.39, 0.29) is 5.56 Å². The zero-order chi connectivity index (χ0) is 12.4. The fraction of sp³-hybridized carbons (Fsp3) is 0. The summed E-state index contributed by atoms with van der Waals surface area (Å²) in [5.41, 5.74) is 0.426. The average Bonchev–Trinajstić information content (AvgIpc) is 2.32. The van der Waals surface area contributed by atoms with Crippen molar-refractivity contribution in [2.24, 2.45) is 0 Å². The summed E-state index contributed by atoms with van der Waals surface area (Å²) in [7, 11) is 0. The topological polar surface area (TPSA) is 17.1 Å². The van der Waals surface area contributed by atoms with Crippen LogP contribution >= 0.6 is 11.6 Å². The molecular weight excluding hydrogens is 246 g/mol. The minimum Gasteiger partial charge on any atom is -0.289 e. The van der Waals surface area contributed by atoms with E-state index in [9.17, 15) is 13.6 Å². The predicted octanol–water partition coefficient (Wildman–Crippen LogP) is 3.85. The monoisotopic (exact) mass is 252 g/mol. The van der Waals surface area contributed by atoms with Crippen molar-refractivity contribution >= 4 is 17.4 Å². The summed E-state index contributed by atoms with van der Waals surface area (Å²) < 4.78 is 25.7. The summed E-state index contributed by atoms with van der Waals surface area (Å²) in [5.74, 6) is -2.42.